The number of benzene rings is 1. The molecule has 5 heteroatoms. The van der Waals surface area contributed by atoms with Crippen molar-refractivity contribution < 1.29 is 9.90 Å². The molecule has 0 unspecified atom stereocenters. The second kappa shape index (κ2) is 3.77. The Labute approximate surface area is 91.4 Å². The van der Waals surface area contributed by atoms with Crippen LogP contribution in [0.1, 0.15) is 12.5 Å². The van der Waals surface area contributed by atoms with E-state index < -0.39 is 11.5 Å². The maximum atomic E-state index is 11.0. The molecule has 0 aromatic heterocycles. The summed E-state index contributed by atoms with van der Waals surface area (Å²) in [6, 6.07) is 4.47. The number of hydrogen-bond donors (Lipinski definition) is 2. The summed E-state index contributed by atoms with van der Waals surface area (Å²) >= 11 is 11.5. The van der Waals surface area contributed by atoms with Gasteiger partial charge in [0.1, 0.15) is 0 Å². The summed E-state index contributed by atoms with van der Waals surface area (Å²) in [6.07, 6.45) is 0. The molecule has 3 N–H and O–H groups in total. The first-order valence-corrected chi connectivity index (χ1v) is 4.59. The maximum Gasteiger partial charge on any atom is 0.253 e. The fourth-order valence-electron chi connectivity index (χ4n) is 1.00. The average molecular weight is 234 g/mol. The van der Waals surface area contributed by atoms with Gasteiger partial charge in [0.25, 0.3) is 5.91 Å². The highest BCUT2D eigenvalue weighted by Gasteiger charge is 2.32. The molecule has 14 heavy (non-hydrogen) atoms. The van der Waals surface area contributed by atoms with Gasteiger partial charge in [0.05, 0.1) is 0 Å². The molecule has 0 aliphatic heterocycles. The molecule has 1 aromatic rings. The van der Waals surface area contributed by atoms with Crippen molar-refractivity contribution in [3.05, 3.63) is 33.8 Å². The highest BCUT2D eigenvalue weighted by molar-refractivity contribution is 6.33. The van der Waals surface area contributed by atoms with Crippen molar-refractivity contribution in [2.24, 2.45) is 5.73 Å². The lowest BCUT2D eigenvalue weighted by Crippen LogP contribution is -2.38. The number of aliphatic hydroxyl groups is 1. The zero-order chi connectivity index (χ0) is 10.9. The van der Waals surface area contributed by atoms with Gasteiger partial charge in [-0.2, -0.15) is 0 Å². The fraction of sp³-hybridized carbons (Fsp3) is 0.222. The molecule has 0 heterocycles. The summed E-state index contributed by atoms with van der Waals surface area (Å²) in [5.74, 6) is -0.873. The third kappa shape index (κ3) is 2.00. The molecule has 0 radical (unpaired) electrons. The maximum absolute atomic E-state index is 11.0. The van der Waals surface area contributed by atoms with Crippen LogP contribution >= 0.6 is 23.2 Å². The van der Waals surface area contributed by atoms with Crippen molar-refractivity contribution in [2.45, 2.75) is 12.5 Å². The molecule has 0 aliphatic rings. The quantitative estimate of drug-likeness (QED) is 0.817. The van der Waals surface area contributed by atoms with E-state index in [1.807, 2.05) is 0 Å². The van der Waals surface area contributed by atoms with Crippen LogP contribution in [0.5, 0.6) is 0 Å². The summed E-state index contributed by atoms with van der Waals surface area (Å²) in [4.78, 5) is 11.0. The molecule has 0 saturated heterocycles. The molecule has 3 nitrogen and oxygen atoms in total. The van der Waals surface area contributed by atoms with Gasteiger partial charge in [-0.25, -0.2) is 0 Å². The van der Waals surface area contributed by atoms with Crippen LogP contribution in [-0.4, -0.2) is 11.0 Å². The molecule has 1 atom stereocenters. The van der Waals surface area contributed by atoms with Gasteiger partial charge in [0.15, 0.2) is 5.60 Å². The smallest absolute Gasteiger partial charge is 0.253 e. The number of amides is 1. The number of halogens is 2. The average Bonchev–Trinajstić information content (AvgIpc) is 2.08. The minimum atomic E-state index is -1.80. The van der Waals surface area contributed by atoms with E-state index in [4.69, 9.17) is 28.9 Å². The molecule has 1 rings (SSSR count). The Bertz CT molecular complexity index is 377. The van der Waals surface area contributed by atoms with Gasteiger partial charge >= 0.3 is 0 Å². The highest BCUT2D eigenvalue weighted by Crippen LogP contribution is 2.30. The van der Waals surface area contributed by atoms with E-state index in [0.29, 0.717) is 5.02 Å². The standard InChI is InChI=1S/C9H9Cl2NO2/c1-9(14,8(12)13)6-4-5(10)2-3-7(6)11/h2-4,14H,1H3,(H2,12,13)/t9-/m0/s1. The van der Waals surface area contributed by atoms with Crippen LogP contribution in [0.4, 0.5) is 0 Å². The largest absolute Gasteiger partial charge is 0.375 e. The molecule has 0 saturated carbocycles. The van der Waals surface area contributed by atoms with Gasteiger partial charge in [-0.3, -0.25) is 4.79 Å². The van der Waals surface area contributed by atoms with Crippen molar-refractivity contribution in [3.8, 4) is 0 Å². The van der Waals surface area contributed by atoms with Crippen LogP contribution in [-0.2, 0) is 10.4 Å². The summed E-state index contributed by atoms with van der Waals surface area (Å²) in [6.45, 7) is 1.27. The zero-order valence-electron chi connectivity index (χ0n) is 7.42. The van der Waals surface area contributed by atoms with Crippen LogP contribution in [0, 0.1) is 0 Å². The minimum Gasteiger partial charge on any atom is -0.375 e. The first kappa shape index (κ1) is 11.3. The molecule has 0 spiro atoms. The SMILES string of the molecule is C[C@@](O)(C(N)=O)c1cc(Cl)ccc1Cl. The molecular weight excluding hydrogens is 225 g/mol. The van der Waals surface area contributed by atoms with Crippen molar-refractivity contribution in [1.82, 2.24) is 0 Å². The van der Waals surface area contributed by atoms with Gasteiger partial charge in [-0.15, -0.1) is 0 Å². The monoisotopic (exact) mass is 233 g/mol. The van der Waals surface area contributed by atoms with Gasteiger partial charge in [-0.1, -0.05) is 23.2 Å². The second-order valence-electron chi connectivity index (χ2n) is 3.06. The Morgan fingerprint density at radius 2 is 2.07 bits per heavy atom. The van der Waals surface area contributed by atoms with E-state index >= 15 is 0 Å². The first-order chi connectivity index (χ1) is 6.35. The number of nitrogens with two attached hydrogens (primary N) is 1. The number of carbonyl (C=O) groups excluding carboxylic acids is 1. The predicted octanol–water partition coefficient (Wildman–Crippen LogP) is 1.69. The first-order valence-electron chi connectivity index (χ1n) is 3.83. The molecule has 1 aromatic carbocycles. The van der Waals surface area contributed by atoms with Crippen LogP contribution in [0.2, 0.25) is 10.0 Å². The molecule has 1 amide bonds. The topological polar surface area (TPSA) is 63.3 Å². The highest BCUT2D eigenvalue weighted by atomic mass is 35.5. The van der Waals surface area contributed by atoms with E-state index in [1.54, 1.807) is 6.07 Å². The number of primary amides is 1. The van der Waals surface area contributed by atoms with Crippen LogP contribution in [0.15, 0.2) is 18.2 Å². The Morgan fingerprint density at radius 3 is 2.57 bits per heavy atom. The Hall–Kier alpha value is -0.770. The lowest BCUT2D eigenvalue weighted by Gasteiger charge is -2.20. The summed E-state index contributed by atoms with van der Waals surface area (Å²) < 4.78 is 0. The Kier molecular flexibility index (Phi) is 3.04. The van der Waals surface area contributed by atoms with E-state index in [0.717, 1.165) is 0 Å². The van der Waals surface area contributed by atoms with Crippen molar-refractivity contribution in [3.63, 3.8) is 0 Å². The minimum absolute atomic E-state index is 0.208. The van der Waals surface area contributed by atoms with Gasteiger partial charge in [0, 0.05) is 15.6 Å². The number of carbonyl (C=O) groups is 1. The van der Waals surface area contributed by atoms with Crippen molar-refractivity contribution >= 4 is 29.1 Å². The third-order valence-electron chi connectivity index (χ3n) is 1.93. The van der Waals surface area contributed by atoms with Crippen LogP contribution < -0.4 is 5.73 Å². The molecule has 76 valence electrons. The Balaban J connectivity index is 3.31. The van der Waals surface area contributed by atoms with E-state index in [1.165, 1.54) is 19.1 Å². The van der Waals surface area contributed by atoms with Crippen LogP contribution in [0.25, 0.3) is 0 Å². The third-order valence-corrected chi connectivity index (χ3v) is 2.50. The lowest BCUT2D eigenvalue weighted by molar-refractivity contribution is -0.135. The van der Waals surface area contributed by atoms with Gasteiger partial charge in [0.2, 0.25) is 0 Å². The van der Waals surface area contributed by atoms with E-state index in [2.05, 4.69) is 0 Å². The number of hydrogen-bond acceptors (Lipinski definition) is 2. The zero-order valence-corrected chi connectivity index (χ0v) is 8.93. The van der Waals surface area contributed by atoms with E-state index in [9.17, 15) is 9.90 Å². The Morgan fingerprint density at radius 1 is 1.50 bits per heavy atom. The summed E-state index contributed by atoms with van der Waals surface area (Å²) in [7, 11) is 0. The number of rotatable bonds is 2. The van der Waals surface area contributed by atoms with Crippen molar-refractivity contribution in [1.29, 1.82) is 0 Å². The molecule has 0 fully saturated rings. The lowest BCUT2D eigenvalue weighted by atomic mass is 9.95. The second-order valence-corrected chi connectivity index (χ2v) is 3.90. The van der Waals surface area contributed by atoms with Gasteiger partial charge < -0.3 is 10.8 Å². The van der Waals surface area contributed by atoms with Crippen molar-refractivity contribution in [2.75, 3.05) is 0 Å². The fourth-order valence-corrected chi connectivity index (χ4v) is 1.48. The molecular formula is C9H9Cl2NO2. The predicted molar refractivity (Wildman–Crippen MR) is 55.2 cm³/mol. The normalized spacial score (nSPS) is 14.9. The van der Waals surface area contributed by atoms with Gasteiger partial charge in [-0.05, 0) is 25.1 Å². The van der Waals surface area contributed by atoms with Crippen LogP contribution in [0.3, 0.4) is 0 Å². The summed E-state index contributed by atoms with van der Waals surface area (Å²) in [5, 5.41) is 10.4. The van der Waals surface area contributed by atoms with E-state index in [-0.39, 0.29) is 10.6 Å². The summed E-state index contributed by atoms with van der Waals surface area (Å²) in [5.41, 5.74) is 3.43. The molecule has 0 aliphatic carbocycles. The molecule has 0 bridgehead atoms.